The maximum atomic E-state index is 12.2. The maximum Gasteiger partial charge on any atom is 0.243 e. The molecule has 2 amide bonds. The van der Waals surface area contributed by atoms with Crippen LogP contribution in [0.15, 0.2) is 48.5 Å². The van der Waals surface area contributed by atoms with E-state index in [1.54, 1.807) is 23.2 Å². The molecule has 1 atom stereocenters. The van der Waals surface area contributed by atoms with Crippen molar-refractivity contribution in [1.82, 2.24) is 5.43 Å². The molecule has 1 heterocycles. The Labute approximate surface area is 149 Å². The molecule has 1 aliphatic rings. The van der Waals surface area contributed by atoms with Crippen LogP contribution >= 0.6 is 23.2 Å². The summed E-state index contributed by atoms with van der Waals surface area (Å²) in [6.07, 6.45) is 0.0675. The molecule has 0 aliphatic carbocycles. The number of amides is 2. The molecular formula is C17H15Cl2N3O2. The Morgan fingerprint density at radius 3 is 2.67 bits per heavy atom. The fourth-order valence-electron chi connectivity index (χ4n) is 2.53. The quantitative estimate of drug-likeness (QED) is 0.873. The van der Waals surface area contributed by atoms with Gasteiger partial charge in [-0.25, -0.2) is 0 Å². The minimum atomic E-state index is -0.428. The van der Waals surface area contributed by atoms with Gasteiger partial charge in [-0.3, -0.25) is 20.0 Å². The summed E-state index contributed by atoms with van der Waals surface area (Å²) in [6.45, 7) is 0.430. The summed E-state index contributed by atoms with van der Waals surface area (Å²) in [5.41, 5.74) is 4.10. The van der Waals surface area contributed by atoms with E-state index in [0.29, 0.717) is 17.3 Å². The van der Waals surface area contributed by atoms with Crippen molar-refractivity contribution in [2.24, 2.45) is 5.92 Å². The lowest BCUT2D eigenvalue weighted by atomic mass is 10.1. The third kappa shape index (κ3) is 3.63. The number of benzene rings is 2. The monoisotopic (exact) mass is 363 g/mol. The molecule has 2 aromatic rings. The van der Waals surface area contributed by atoms with Gasteiger partial charge in [-0.15, -0.1) is 0 Å². The number of halogens is 2. The van der Waals surface area contributed by atoms with Crippen LogP contribution in [0.4, 0.5) is 11.4 Å². The summed E-state index contributed by atoms with van der Waals surface area (Å²) in [7, 11) is 0. The second-order valence-corrected chi connectivity index (χ2v) is 6.26. The molecule has 2 aromatic carbocycles. The first kappa shape index (κ1) is 16.6. The predicted octanol–water partition coefficient (Wildman–Crippen LogP) is 3.49. The van der Waals surface area contributed by atoms with Crippen molar-refractivity contribution in [1.29, 1.82) is 0 Å². The lowest BCUT2D eigenvalue weighted by molar-refractivity contribution is -0.126. The summed E-state index contributed by atoms with van der Waals surface area (Å²) in [5.74, 6) is -0.886. The van der Waals surface area contributed by atoms with Gasteiger partial charge in [0.2, 0.25) is 11.8 Å². The van der Waals surface area contributed by atoms with Crippen LogP contribution in [-0.2, 0) is 9.59 Å². The van der Waals surface area contributed by atoms with Crippen LogP contribution in [0.5, 0.6) is 0 Å². The Morgan fingerprint density at radius 1 is 1.17 bits per heavy atom. The molecule has 0 aromatic heterocycles. The zero-order valence-corrected chi connectivity index (χ0v) is 14.1. The number of hydrogen-bond donors (Lipinski definition) is 2. The third-order valence-corrected chi connectivity index (χ3v) is 4.56. The summed E-state index contributed by atoms with van der Waals surface area (Å²) in [4.78, 5) is 24.3. The molecule has 0 radical (unpaired) electrons. The highest BCUT2D eigenvalue weighted by Gasteiger charge is 2.32. The van der Waals surface area contributed by atoms with Gasteiger partial charge in [-0.05, 0) is 24.3 Å². The second kappa shape index (κ2) is 7.11. The topological polar surface area (TPSA) is 61.4 Å². The van der Waals surface area contributed by atoms with Crippen LogP contribution in [0.2, 0.25) is 10.0 Å². The maximum absolute atomic E-state index is 12.2. The Balaban J connectivity index is 1.62. The standard InChI is InChI=1S/C17H15Cl2N3O2/c18-13-7-4-8-14(16(13)19)20-15(23)9-11-10-22(21-17(11)24)12-5-2-1-3-6-12/h1-8,11H,9-10H2,(H,20,23)(H,21,24). The number of hydrazine groups is 1. The van der Waals surface area contributed by atoms with Gasteiger partial charge in [0.25, 0.3) is 0 Å². The summed E-state index contributed by atoms with van der Waals surface area (Å²) in [6, 6.07) is 14.5. The molecule has 1 unspecified atom stereocenters. The van der Waals surface area contributed by atoms with E-state index in [9.17, 15) is 9.59 Å². The Kier molecular flexibility index (Phi) is 4.92. The molecule has 7 heteroatoms. The molecule has 1 fully saturated rings. The number of para-hydroxylation sites is 1. The van der Waals surface area contributed by atoms with Gasteiger partial charge in [-0.1, -0.05) is 47.5 Å². The number of nitrogens with one attached hydrogen (secondary N) is 2. The summed E-state index contributed by atoms with van der Waals surface area (Å²) in [5, 5.41) is 5.09. The van der Waals surface area contributed by atoms with Crippen molar-refractivity contribution >= 4 is 46.4 Å². The molecule has 0 bridgehead atoms. The smallest absolute Gasteiger partial charge is 0.243 e. The second-order valence-electron chi connectivity index (χ2n) is 5.47. The average Bonchev–Trinajstić information content (AvgIpc) is 2.93. The Morgan fingerprint density at radius 2 is 1.92 bits per heavy atom. The minimum Gasteiger partial charge on any atom is -0.325 e. The van der Waals surface area contributed by atoms with Gasteiger partial charge in [0, 0.05) is 6.42 Å². The molecule has 1 aliphatic heterocycles. The Bertz CT molecular complexity index is 768. The average molecular weight is 364 g/mol. The molecule has 124 valence electrons. The SMILES string of the molecule is O=C(CC1CN(c2ccccc2)NC1=O)Nc1cccc(Cl)c1Cl. The van der Waals surface area contributed by atoms with Crippen molar-refractivity contribution in [3.05, 3.63) is 58.6 Å². The first-order valence-electron chi connectivity index (χ1n) is 7.41. The van der Waals surface area contributed by atoms with E-state index < -0.39 is 5.92 Å². The molecule has 0 saturated carbocycles. The third-order valence-electron chi connectivity index (χ3n) is 3.74. The fourth-order valence-corrected chi connectivity index (χ4v) is 2.88. The molecule has 3 rings (SSSR count). The van der Waals surface area contributed by atoms with E-state index in [1.165, 1.54) is 0 Å². The van der Waals surface area contributed by atoms with Crippen LogP contribution in [0.1, 0.15) is 6.42 Å². The lowest BCUT2D eigenvalue weighted by Crippen LogP contribution is -2.32. The number of anilines is 2. The summed E-state index contributed by atoms with van der Waals surface area (Å²) >= 11 is 12.0. The van der Waals surface area contributed by atoms with Crippen molar-refractivity contribution in [3.63, 3.8) is 0 Å². The van der Waals surface area contributed by atoms with Crippen LogP contribution < -0.4 is 15.8 Å². The van der Waals surface area contributed by atoms with Crippen molar-refractivity contribution in [3.8, 4) is 0 Å². The molecule has 0 spiro atoms. The normalized spacial score (nSPS) is 16.8. The molecule has 24 heavy (non-hydrogen) atoms. The molecular weight excluding hydrogens is 349 g/mol. The van der Waals surface area contributed by atoms with Crippen molar-refractivity contribution in [2.75, 3.05) is 16.9 Å². The van der Waals surface area contributed by atoms with Gasteiger partial charge in [-0.2, -0.15) is 0 Å². The minimum absolute atomic E-state index is 0.0675. The number of rotatable bonds is 4. The van der Waals surface area contributed by atoms with E-state index in [0.717, 1.165) is 5.69 Å². The number of nitrogens with zero attached hydrogens (tertiary/aromatic N) is 1. The van der Waals surface area contributed by atoms with Gasteiger partial charge < -0.3 is 5.32 Å². The van der Waals surface area contributed by atoms with Gasteiger partial charge >= 0.3 is 0 Å². The van der Waals surface area contributed by atoms with Crippen LogP contribution in [0, 0.1) is 5.92 Å². The van der Waals surface area contributed by atoms with Crippen LogP contribution in [0.3, 0.4) is 0 Å². The number of hydrogen-bond acceptors (Lipinski definition) is 3. The van der Waals surface area contributed by atoms with E-state index in [1.807, 2.05) is 30.3 Å². The highest BCUT2D eigenvalue weighted by Crippen LogP contribution is 2.30. The zero-order valence-electron chi connectivity index (χ0n) is 12.6. The zero-order chi connectivity index (χ0) is 17.1. The number of carbonyl (C=O) groups excluding carboxylic acids is 2. The summed E-state index contributed by atoms with van der Waals surface area (Å²) < 4.78 is 0. The highest BCUT2D eigenvalue weighted by molar-refractivity contribution is 6.44. The first-order chi connectivity index (χ1) is 11.5. The van der Waals surface area contributed by atoms with E-state index >= 15 is 0 Å². The number of carbonyl (C=O) groups is 2. The fraction of sp³-hybridized carbons (Fsp3) is 0.176. The lowest BCUT2D eigenvalue weighted by Gasteiger charge is -2.17. The largest absolute Gasteiger partial charge is 0.325 e. The predicted molar refractivity (Wildman–Crippen MR) is 95.1 cm³/mol. The highest BCUT2D eigenvalue weighted by atomic mass is 35.5. The van der Waals surface area contributed by atoms with E-state index in [-0.39, 0.29) is 23.3 Å². The molecule has 5 nitrogen and oxygen atoms in total. The first-order valence-corrected chi connectivity index (χ1v) is 8.17. The van der Waals surface area contributed by atoms with Crippen LogP contribution in [-0.4, -0.2) is 18.4 Å². The van der Waals surface area contributed by atoms with E-state index in [4.69, 9.17) is 23.2 Å². The van der Waals surface area contributed by atoms with E-state index in [2.05, 4.69) is 10.7 Å². The Hall–Kier alpha value is -2.24. The van der Waals surface area contributed by atoms with Gasteiger partial charge in [0.15, 0.2) is 0 Å². The van der Waals surface area contributed by atoms with Gasteiger partial charge in [0.05, 0.1) is 33.9 Å². The van der Waals surface area contributed by atoms with Crippen LogP contribution in [0.25, 0.3) is 0 Å². The van der Waals surface area contributed by atoms with Crippen molar-refractivity contribution in [2.45, 2.75) is 6.42 Å². The van der Waals surface area contributed by atoms with Gasteiger partial charge in [0.1, 0.15) is 0 Å². The van der Waals surface area contributed by atoms with Crippen molar-refractivity contribution < 1.29 is 9.59 Å². The molecule has 1 saturated heterocycles. The molecule has 2 N–H and O–H groups in total.